The fourth-order valence-electron chi connectivity index (χ4n) is 1.51. The summed E-state index contributed by atoms with van der Waals surface area (Å²) in [7, 11) is 0. The number of thiazole rings is 1. The van der Waals surface area contributed by atoms with Gasteiger partial charge in [0, 0.05) is 24.5 Å². The van der Waals surface area contributed by atoms with Crippen molar-refractivity contribution in [3.8, 4) is 0 Å². The summed E-state index contributed by atoms with van der Waals surface area (Å²) in [4.78, 5) is 19.8. The van der Waals surface area contributed by atoms with Crippen LogP contribution in [-0.4, -0.2) is 29.1 Å². The average molecular weight is 277 g/mol. The topological polar surface area (TPSA) is 64.1 Å². The predicted molar refractivity (Wildman–Crippen MR) is 74.5 cm³/mol. The molecule has 2 heterocycles. The largest absolute Gasteiger partial charge is 0.462 e. The molecule has 0 spiro atoms. The minimum absolute atomic E-state index is 0.343. The molecule has 0 unspecified atom stereocenters. The molecule has 0 aliphatic carbocycles. The van der Waals surface area contributed by atoms with Crippen LogP contribution in [0.3, 0.4) is 0 Å². The summed E-state index contributed by atoms with van der Waals surface area (Å²) in [5, 5.41) is 5.21. The van der Waals surface area contributed by atoms with E-state index in [1.165, 1.54) is 6.20 Å². The Morgan fingerprint density at radius 1 is 1.42 bits per heavy atom. The van der Waals surface area contributed by atoms with Crippen molar-refractivity contribution in [1.29, 1.82) is 0 Å². The molecule has 0 aliphatic heterocycles. The van der Waals surface area contributed by atoms with Crippen LogP contribution in [0.4, 0.5) is 5.82 Å². The van der Waals surface area contributed by atoms with Crippen molar-refractivity contribution >= 4 is 23.1 Å². The zero-order chi connectivity index (χ0) is 13.5. The van der Waals surface area contributed by atoms with Gasteiger partial charge in [0.2, 0.25) is 0 Å². The van der Waals surface area contributed by atoms with E-state index in [9.17, 15) is 4.79 Å². The van der Waals surface area contributed by atoms with Crippen molar-refractivity contribution in [2.24, 2.45) is 0 Å². The number of carbonyl (C=O) groups is 1. The Hall–Kier alpha value is -1.95. The van der Waals surface area contributed by atoms with Gasteiger partial charge in [0.15, 0.2) is 0 Å². The monoisotopic (exact) mass is 277 g/mol. The third kappa shape index (κ3) is 4.03. The summed E-state index contributed by atoms with van der Waals surface area (Å²) in [6.07, 6.45) is 2.37. The zero-order valence-electron chi connectivity index (χ0n) is 10.6. The zero-order valence-corrected chi connectivity index (χ0v) is 11.4. The van der Waals surface area contributed by atoms with Gasteiger partial charge in [0.05, 0.1) is 23.4 Å². The van der Waals surface area contributed by atoms with Crippen LogP contribution in [0.2, 0.25) is 0 Å². The lowest BCUT2D eigenvalue weighted by Gasteiger charge is -2.05. The standard InChI is InChI=1S/C13H15N3O2S/c1-2-18-13(17)10-3-4-12(15-7-10)14-6-5-11-8-19-9-16-11/h3-4,7-9H,2,5-6H2,1H3,(H,14,15). The number of carbonyl (C=O) groups excluding carboxylic acids is 1. The highest BCUT2D eigenvalue weighted by atomic mass is 32.1. The molecule has 0 amide bonds. The van der Waals surface area contributed by atoms with Crippen molar-refractivity contribution < 1.29 is 9.53 Å². The lowest BCUT2D eigenvalue weighted by molar-refractivity contribution is 0.0526. The third-order valence-electron chi connectivity index (χ3n) is 2.45. The minimum atomic E-state index is -0.343. The summed E-state index contributed by atoms with van der Waals surface area (Å²) >= 11 is 1.59. The number of rotatable bonds is 6. The Morgan fingerprint density at radius 3 is 2.95 bits per heavy atom. The molecule has 2 aromatic rings. The van der Waals surface area contributed by atoms with Gasteiger partial charge in [-0.15, -0.1) is 11.3 Å². The molecule has 19 heavy (non-hydrogen) atoms. The minimum Gasteiger partial charge on any atom is -0.462 e. The molecule has 1 N–H and O–H groups in total. The summed E-state index contributed by atoms with van der Waals surface area (Å²) < 4.78 is 4.89. The second-order valence-electron chi connectivity index (χ2n) is 3.81. The Kier molecular flexibility index (Phi) is 4.85. The first-order valence-electron chi connectivity index (χ1n) is 6.03. The molecule has 6 heteroatoms. The maximum Gasteiger partial charge on any atom is 0.339 e. The molecule has 0 bridgehead atoms. The molecule has 0 atom stereocenters. The van der Waals surface area contributed by atoms with Crippen LogP contribution in [-0.2, 0) is 11.2 Å². The summed E-state index contributed by atoms with van der Waals surface area (Å²) in [6, 6.07) is 3.48. The molecule has 0 saturated carbocycles. The normalized spacial score (nSPS) is 10.2. The fraction of sp³-hybridized carbons (Fsp3) is 0.308. The number of aromatic nitrogens is 2. The molecule has 0 aliphatic rings. The molecule has 2 rings (SSSR count). The van der Waals surface area contributed by atoms with Crippen molar-refractivity contribution in [2.75, 3.05) is 18.5 Å². The van der Waals surface area contributed by atoms with Crippen LogP contribution < -0.4 is 5.32 Å². The van der Waals surface area contributed by atoms with Crippen LogP contribution >= 0.6 is 11.3 Å². The lowest BCUT2D eigenvalue weighted by Crippen LogP contribution is -2.08. The first-order valence-corrected chi connectivity index (χ1v) is 6.98. The summed E-state index contributed by atoms with van der Waals surface area (Å²) in [6.45, 7) is 2.90. The van der Waals surface area contributed by atoms with E-state index in [1.54, 1.807) is 30.4 Å². The number of ether oxygens (including phenoxy) is 1. The highest BCUT2D eigenvalue weighted by Crippen LogP contribution is 2.07. The summed E-state index contributed by atoms with van der Waals surface area (Å²) in [5.41, 5.74) is 3.36. The van der Waals surface area contributed by atoms with Crippen LogP contribution in [0.5, 0.6) is 0 Å². The van der Waals surface area contributed by atoms with E-state index in [0.717, 1.165) is 24.5 Å². The highest BCUT2D eigenvalue weighted by molar-refractivity contribution is 7.07. The number of anilines is 1. The van der Waals surface area contributed by atoms with Gasteiger partial charge in [0.25, 0.3) is 0 Å². The second kappa shape index (κ2) is 6.84. The van der Waals surface area contributed by atoms with E-state index in [1.807, 2.05) is 10.9 Å². The smallest absolute Gasteiger partial charge is 0.339 e. The van der Waals surface area contributed by atoms with Crippen molar-refractivity contribution in [1.82, 2.24) is 9.97 Å². The molecule has 100 valence electrons. The van der Waals surface area contributed by atoms with Gasteiger partial charge < -0.3 is 10.1 Å². The van der Waals surface area contributed by atoms with Gasteiger partial charge in [0.1, 0.15) is 5.82 Å². The number of pyridine rings is 1. The van der Waals surface area contributed by atoms with Gasteiger partial charge in [-0.25, -0.2) is 14.8 Å². The van der Waals surface area contributed by atoms with Gasteiger partial charge in [-0.05, 0) is 19.1 Å². The van der Waals surface area contributed by atoms with E-state index in [0.29, 0.717) is 12.2 Å². The van der Waals surface area contributed by atoms with Crippen molar-refractivity contribution in [2.45, 2.75) is 13.3 Å². The first kappa shape index (κ1) is 13.5. The number of nitrogens with one attached hydrogen (secondary N) is 1. The Labute approximate surface area is 115 Å². The van der Waals surface area contributed by atoms with E-state index in [2.05, 4.69) is 15.3 Å². The molecule has 0 saturated heterocycles. The van der Waals surface area contributed by atoms with Gasteiger partial charge >= 0.3 is 5.97 Å². The van der Waals surface area contributed by atoms with Crippen LogP contribution in [0.1, 0.15) is 23.0 Å². The van der Waals surface area contributed by atoms with E-state index in [4.69, 9.17) is 4.74 Å². The van der Waals surface area contributed by atoms with E-state index in [-0.39, 0.29) is 5.97 Å². The van der Waals surface area contributed by atoms with Crippen LogP contribution in [0, 0.1) is 0 Å². The molecule has 0 aromatic carbocycles. The number of nitrogens with zero attached hydrogens (tertiary/aromatic N) is 2. The van der Waals surface area contributed by atoms with E-state index >= 15 is 0 Å². The second-order valence-corrected chi connectivity index (χ2v) is 4.53. The molecule has 2 aromatic heterocycles. The van der Waals surface area contributed by atoms with Gasteiger partial charge in [-0.3, -0.25) is 0 Å². The molecule has 0 radical (unpaired) electrons. The quantitative estimate of drug-likeness (QED) is 0.821. The summed E-state index contributed by atoms with van der Waals surface area (Å²) in [5.74, 6) is 0.396. The van der Waals surface area contributed by atoms with Crippen molar-refractivity contribution in [3.05, 3.63) is 40.5 Å². The van der Waals surface area contributed by atoms with Crippen LogP contribution in [0.15, 0.2) is 29.2 Å². The predicted octanol–water partition coefficient (Wildman–Crippen LogP) is 2.37. The molecule has 5 nitrogen and oxygen atoms in total. The molecule has 0 fully saturated rings. The van der Waals surface area contributed by atoms with Gasteiger partial charge in [-0.1, -0.05) is 0 Å². The van der Waals surface area contributed by atoms with Crippen molar-refractivity contribution in [3.63, 3.8) is 0 Å². The lowest BCUT2D eigenvalue weighted by atomic mass is 10.3. The number of hydrogen-bond acceptors (Lipinski definition) is 6. The maximum atomic E-state index is 11.4. The van der Waals surface area contributed by atoms with E-state index < -0.39 is 0 Å². The number of hydrogen-bond donors (Lipinski definition) is 1. The third-order valence-corrected chi connectivity index (χ3v) is 3.08. The molecular formula is C13H15N3O2S. The Balaban J connectivity index is 1.83. The maximum absolute atomic E-state index is 11.4. The fourth-order valence-corrected chi connectivity index (χ4v) is 2.11. The SMILES string of the molecule is CCOC(=O)c1ccc(NCCc2cscn2)nc1. The first-order chi connectivity index (χ1) is 9.29. The number of esters is 1. The van der Waals surface area contributed by atoms with Gasteiger partial charge in [-0.2, -0.15) is 0 Å². The average Bonchev–Trinajstić information content (AvgIpc) is 2.93. The highest BCUT2D eigenvalue weighted by Gasteiger charge is 2.06. The Morgan fingerprint density at radius 2 is 2.32 bits per heavy atom. The Bertz CT molecular complexity index is 511. The van der Waals surface area contributed by atoms with Crippen LogP contribution in [0.25, 0.3) is 0 Å². The molecular weight excluding hydrogens is 262 g/mol.